The Labute approximate surface area is 289 Å². The quantitative estimate of drug-likeness (QED) is 0.234. The molecular weight excluding hydrogens is 670 g/mol. The van der Waals surface area contributed by atoms with Crippen LogP contribution < -0.4 is 29.7 Å². The molecule has 0 aliphatic carbocycles. The topological polar surface area (TPSA) is 139 Å². The van der Waals surface area contributed by atoms with Crippen LogP contribution in [0.15, 0.2) is 88.8 Å². The van der Waals surface area contributed by atoms with E-state index in [1.807, 2.05) is 18.2 Å². The third-order valence-corrected chi connectivity index (χ3v) is 10.9. The van der Waals surface area contributed by atoms with Crippen molar-refractivity contribution < 1.29 is 32.2 Å². The number of para-hydroxylation sites is 1. The molecule has 0 spiro atoms. The fraction of sp³-hybridized carbons (Fsp3) is 0.286. The SMILES string of the molecule is COc1ccc(S(=O)(=O)c2cc(Cl)cc3c2NC(=O)C3(NCCC(=O)N2CCN(c3ccccn3)CC2)c2ccccc2OC)c(OC)c1. The van der Waals surface area contributed by atoms with Gasteiger partial charge in [-0.25, -0.2) is 13.4 Å². The van der Waals surface area contributed by atoms with E-state index in [1.54, 1.807) is 41.4 Å². The Morgan fingerprint density at radius 2 is 1.63 bits per heavy atom. The number of benzene rings is 3. The second kappa shape index (κ2) is 13.9. The number of fused-ring (bicyclic) bond motifs is 1. The highest BCUT2D eigenvalue weighted by atomic mass is 35.5. The number of nitrogens with one attached hydrogen (secondary N) is 2. The Morgan fingerprint density at radius 3 is 2.33 bits per heavy atom. The van der Waals surface area contributed by atoms with E-state index in [-0.39, 0.29) is 50.7 Å². The van der Waals surface area contributed by atoms with E-state index in [1.165, 1.54) is 45.6 Å². The van der Waals surface area contributed by atoms with Gasteiger partial charge in [-0.15, -0.1) is 0 Å². The van der Waals surface area contributed by atoms with Gasteiger partial charge in [0, 0.05) is 67.6 Å². The average Bonchev–Trinajstić information content (AvgIpc) is 3.41. The molecule has 3 heterocycles. The number of hydrogen-bond acceptors (Lipinski definition) is 10. The van der Waals surface area contributed by atoms with Crippen molar-refractivity contribution in [3.63, 3.8) is 0 Å². The molecule has 2 N–H and O–H groups in total. The van der Waals surface area contributed by atoms with Gasteiger partial charge < -0.3 is 29.3 Å². The normalized spacial score (nSPS) is 17.3. The van der Waals surface area contributed by atoms with Crippen molar-refractivity contribution in [3.8, 4) is 17.2 Å². The number of aromatic nitrogens is 1. The first-order valence-corrected chi connectivity index (χ1v) is 17.4. The molecule has 12 nitrogen and oxygen atoms in total. The maximum Gasteiger partial charge on any atom is 0.254 e. The number of ether oxygens (including phenoxy) is 3. The van der Waals surface area contributed by atoms with Gasteiger partial charge in [-0.05, 0) is 42.5 Å². The van der Waals surface area contributed by atoms with Crippen LogP contribution in [0.3, 0.4) is 0 Å². The van der Waals surface area contributed by atoms with Crippen molar-refractivity contribution in [2.75, 3.05) is 64.3 Å². The van der Waals surface area contributed by atoms with Crippen molar-refractivity contribution in [2.45, 2.75) is 21.8 Å². The van der Waals surface area contributed by atoms with Gasteiger partial charge in [0.25, 0.3) is 5.91 Å². The molecule has 4 aromatic rings. The summed E-state index contributed by atoms with van der Waals surface area (Å²) in [6, 6.07) is 19.9. The van der Waals surface area contributed by atoms with Crippen LogP contribution in [0.4, 0.5) is 11.5 Å². The molecule has 49 heavy (non-hydrogen) atoms. The van der Waals surface area contributed by atoms with Crippen LogP contribution in [0.25, 0.3) is 0 Å². The number of carbonyl (C=O) groups is 2. The molecule has 1 fully saturated rings. The number of sulfone groups is 1. The number of nitrogens with zero attached hydrogens (tertiary/aromatic N) is 3. The molecule has 1 unspecified atom stereocenters. The van der Waals surface area contributed by atoms with E-state index in [2.05, 4.69) is 20.5 Å². The van der Waals surface area contributed by atoms with Crippen molar-refractivity contribution in [1.82, 2.24) is 15.2 Å². The van der Waals surface area contributed by atoms with Crippen LogP contribution in [-0.4, -0.2) is 84.2 Å². The maximum atomic E-state index is 14.3. The lowest BCUT2D eigenvalue weighted by atomic mass is 9.83. The lowest BCUT2D eigenvalue weighted by Gasteiger charge is -2.36. The highest BCUT2D eigenvalue weighted by Gasteiger charge is 2.52. The monoisotopic (exact) mass is 705 g/mol. The number of piperazine rings is 1. The Kier molecular flexibility index (Phi) is 9.68. The van der Waals surface area contributed by atoms with E-state index >= 15 is 0 Å². The molecule has 2 aliphatic rings. The van der Waals surface area contributed by atoms with Crippen molar-refractivity contribution >= 4 is 44.8 Å². The molecular formula is C35H36ClN5O7S. The zero-order chi connectivity index (χ0) is 34.8. The number of pyridine rings is 1. The van der Waals surface area contributed by atoms with Crippen LogP contribution >= 0.6 is 11.6 Å². The molecule has 256 valence electrons. The minimum absolute atomic E-state index is 0.0580. The summed E-state index contributed by atoms with van der Waals surface area (Å²) >= 11 is 6.64. The van der Waals surface area contributed by atoms with Gasteiger partial charge in [0.05, 0.1) is 31.9 Å². The highest BCUT2D eigenvalue weighted by molar-refractivity contribution is 7.91. The summed E-state index contributed by atoms with van der Waals surface area (Å²) < 4.78 is 44.9. The highest BCUT2D eigenvalue weighted by Crippen LogP contribution is 2.49. The number of halogens is 1. The van der Waals surface area contributed by atoms with E-state index in [9.17, 15) is 18.0 Å². The minimum Gasteiger partial charge on any atom is -0.497 e. The molecule has 0 radical (unpaired) electrons. The van der Waals surface area contributed by atoms with Gasteiger partial charge in [0.1, 0.15) is 28.0 Å². The molecule has 2 amide bonds. The Bertz CT molecular complexity index is 1990. The molecule has 14 heteroatoms. The second-order valence-corrected chi connectivity index (χ2v) is 13.8. The Hall–Kier alpha value is -4.85. The molecule has 6 rings (SSSR count). The van der Waals surface area contributed by atoms with Gasteiger partial charge in [-0.2, -0.15) is 0 Å². The first-order chi connectivity index (χ1) is 23.6. The number of amides is 2. The summed E-state index contributed by atoms with van der Waals surface area (Å²) in [6.07, 6.45) is 1.83. The van der Waals surface area contributed by atoms with E-state index in [0.717, 1.165) is 5.82 Å². The largest absolute Gasteiger partial charge is 0.497 e. The lowest BCUT2D eigenvalue weighted by Crippen LogP contribution is -2.52. The van der Waals surface area contributed by atoms with Gasteiger partial charge in [-0.3, -0.25) is 14.9 Å². The van der Waals surface area contributed by atoms with Gasteiger partial charge >= 0.3 is 0 Å². The summed E-state index contributed by atoms with van der Waals surface area (Å²) in [4.78, 5) is 35.7. The first-order valence-electron chi connectivity index (χ1n) is 15.6. The molecule has 0 saturated carbocycles. The third-order valence-electron chi connectivity index (χ3n) is 8.85. The van der Waals surface area contributed by atoms with E-state index in [4.69, 9.17) is 25.8 Å². The number of anilines is 2. The predicted molar refractivity (Wildman–Crippen MR) is 185 cm³/mol. The fourth-order valence-electron chi connectivity index (χ4n) is 6.40. The zero-order valence-electron chi connectivity index (χ0n) is 27.2. The minimum atomic E-state index is -4.31. The average molecular weight is 706 g/mol. The third kappa shape index (κ3) is 6.25. The maximum absolute atomic E-state index is 14.3. The number of carbonyl (C=O) groups excluding carboxylic acids is 2. The summed E-state index contributed by atoms with van der Waals surface area (Å²) in [5.74, 6) is 1.09. The lowest BCUT2D eigenvalue weighted by molar-refractivity contribution is -0.131. The van der Waals surface area contributed by atoms with Gasteiger partial charge in [0.15, 0.2) is 5.54 Å². The number of rotatable bonds is 11. The van der Waals surface area contributed by atoms with Crippen LogP contribution in [0.2, 0.25) is 5.02 Å². The Balaban J connectivity index is 1.34. The van der Waals surface area contributed by atoms with Crippen molar-refractivity contribution in [1.29, 1.82) is 0 Å². The smallest absolute Gasteiger partial charge is 0.254 e. The molecule has 1 atom stereocenters. The standard InChI is InChI=1S/C35H36ClN5O7S/c1-46-24-11-12-29(28(22-24)48-3)49(44,45)30-21-23(36)20-26-33(30)39-34(43)35(26,25-8-4-5-9-27(25)47-2)38-15-13-32(42)41-18-16-40(17-19-41)31-10-6-7-14-37-31/h4-12,14,20-22,38H,13,15-19H2,1-3H3,(H,39,43). The van der Waals surface area contributed by atoms with Crippen LogP contribution in [0.5, 0.6) is 17.2 Å². The first kappa shape index (κ1) is 34.0. The fourth-order valence-corrected chi connectivity index (χ4v) is 8.28. The van der Waals surface area contributed by atoms with Crippen LogP contribution in [-0.2, 0) is 25.0 Å². The molecule has 2 aliphatic heterocycles. The molecule has 1 saturated heterocycles. The second-order valence-electron chi connectivity index (χ2n) is 11.5. The summed E-state index contributed by atoms with van der Waals surface area (Å²) in [6.45, 7) is 2.44. The predicted octanol–water partition coefficient (Wildman–Crippen LogP) is 4.12. The van der Waals surface area contributed by atoms with Crippen LogP contribution in [0, 0.1) is 0 Å². The number of methoxy groups -OCH3 is 3. The summed E-state index contributed by atoms with van der Waals surface area (Å²) in [5.41, 5.74) is -0.892. The van der Waals surface area contributed by atoms with E-state index < -0.39 is 21.3 Å². The molecule has 1 aromatic heterocycles. The number of hydrogen-bond donors (Lipinski definition) is 2. The zero-order valence-corrected chi connectivity index (χ0v) is 28.8. The Morgan fingerprint density at radius 1 is 0.898 bits per heavy atom. The molecule has 3 aromatic carbocycles. The van der Waals surface area contributed by atoms with Crippen molar-refractivity contribution in [3.05, 3.63) is 95.1 Å². The van der Waals surface area contributed by atoms with Gasteiger partial charge in [-0.1, -0.05) is 35.9 Å². The summed E-state index contributed by atoms with van der Waals surface area (Å²) in [5, 5.41) is 6.24. The molecule has 0 bridgehead atoms. The van der Waals surface area contributed by atoms with E-state index in [0.29, 0.717) is 43.2 Å². The van der Waals surface area contributed by atoms with Crippen LogP contribution in [0.1, 0.15) is 17.5 Å². The van der Waals surface area contributed by atoms with Crippen molar-refractivity contribution in [2.24, 2.45) is 0 Å². The van der Waals surface area contributed by atoms with Gasteiger partial charge in [0.2, 0.25) is 15.7 Å². The summed E-state index contributed by atoms with van der Waals surface area (Å²) in [7, 11) is -0.00291.